The summed E-state index contributed by atoms with van der Waals surface area (Å²) in [5.74, 6) is 1.40. The molecule has 1 aliphatic heterocycles. The maximum absolute atomic E-state index is 14.2. The Morgan fingerprint density at radius 3 is 1.95 bits per heavy atom. The van der Waals surface area contributed by atoms with Gasteiger partial charge in [0.2, 0.25) is 5.75 Å². The molecule has 0 unspecified atom stereocenters. The van der Waals surface area contributed by atoms with Gasteiger partial charge in [-0.15, -0.1) is 0 Å². The molecule has 44 heavy (non-hydrogen) atoms. The third kappa shape index (κ3) is 5.69. The maximum Gasteiger partial charge on any atom is 0.254 e. The van der Waals surface area contributed by atoms with Crippen LogP contribution in [0.15, 0.2) is 77.1 Å². The van der Waals surface area contributed by atoms with Crippen molar-refractivity contribution in [2.75, 3.05) is 40.9 Å². The summed E-state index contributed by atoms with van der Waals surface area (Å²) in [6.45, 7) is 3.85. The Kier molecular flexibility index (Phi) is 8.85. The van der Waals surface area contributed by atoms with Crippen LogP contribution in [0.1, 0.15) is 48.3 Å². The standard InChI is InChI=1S/C35H38N2O7/c1-19-8-11-24(12-9-19)37-35(39)31-20(2)36-25-14-22(21-10-13-27(40-3)28(16-21)41-4)15-26(38)33(25)32(31)23-17-29(42-5)34(44-7)30(18-23)43-6/h8-13,16-18,22,32,36H,14-15H2,1-7H3,(H,37,39)/t22-,32-/m0/s1. The van der Waals surface area contributed by atoms with Crippen molar-refractivity contribution in [3.63, 3.8) is 0 Å². The third-order valence-corrected chi connectivity index (χ3v) is 8.28. The summed E-state index contributed by atoms with van der Waals surface area (Å²) in [5.41, 5.74) is 5.83. The molecule has 3 aromatic carbocycles. The fraction of sp³-hybridized carbons (Fsp3) is 0.314. The molecule has 5 rings (SSSR count). The summed E-state index contributed by atoms with van der Waals surface area (Å²) < 4.78 is 27.8. The molecule has 0 saturated carbocycles. The molecule has 0 bridgehead atoms. The number of ketones is 1. The van der Waals surface area contributed by atoms with Crippen molar-refractivity contribution in [2.24, 2.45) is 0 Å². The van der Waals surface area contributed by atoms with Gasteiger partial charge in [0, 0.05) is 40.6 Å². The second kappa shape index (κ2) is 12.8. The molecule has 2 aliphatic rings. The van der Waals surface area contributed by atoms with Gasteiger partial charge >= 0.3 is 0 Å². The Morgan fingerprint density at radius 2 is 1.36 bits per heavy atom. The number of rotatable bonds is 9. The number of carbonyl (C=O) groups excluding carboxylic acids is 2. The van der Waals surface area contributed by atoms with E-state index in [0.717, 1.165) is 16.8 Å². The van der Waals surface area contributed by atoms with Crippen molar-refractivity contribution >= 4 is 17.4 Å². The first kappa shape index (κ1) is 30.5. The Balaban J connectivity index is 1.62. The number of methoxy groups -OCH3 is 5. The van der Waals surface area contributed by atoms with Crippen molar-refractivity contribution < 1.29 is 33.3 Å². The van der Waals surface area contributed by atoms with Crippen molar-refractivity contribution in [2.45, 2.75) is 38.5 Å². The van der Waals surface area contributed by atoms with Crippen molar-refractivity contribution in [1.29, 1.82) is 0 Å². The van der Waals surface area contributed by atoms with Crippen LogP contribution in [0.25, 0.3) is 0 Å². The molecule has 1 aliphatic carbocycles. The Bertz CT molecular complexity index is 1630. The van der Waals surface area contributed by atoms with Crippen LogP contribution < -0.4 is 34.3 Å². The Labute approximate surface area is 257 Å². The molecule has 1 amide bonds. The summed E-state index contributed by atoms with van der Waals surface area (Å²) in [5, 5.41) is 6.47. The summed E-state index contributed by atoms with van der Waals surface area (Å²) >= 11 is 0. The van der Waals surface area contributed by atoms with Gasteiger partial charge < -0.3 is 34.3 Å². The number of hydrogen-bond donors (Lipinski definition) is 2. The van der Waals surface area contributed by atoms with Gasteiger partial charge in [-0.3, -0.25) is 9.59 Å². The highest BCUT2D eigenvalue weighted by Crippen LogP contribution is 2.49. The molecule has 1 heterocycles. The average Bonchev–Trinajstić information content (AvgIpc) is 3.03. The lowest BCUT2D eigenvalue weighted by atomic mass is 9.71. The van der Waals surface area contributed by atoms with E-state index in [9.17, 15) is 9.59 Å². The number of Topliss-reactive ketones (excluding diaryl/α,β-unsaturated/α-hetero) is 1. The molecule has 0 spiro atoms. The summed E-state index contributed by atoms with van der Waals surface area (Å²) in [6, 6.07) is 16.9. The molecule has 230 valence electrons. The van der Waals surface area contributed by atoms with Crippen LogP contribution in [0.3, 0.4) is 0 Å². The minimum Gasteiger partial charge on any atom is -0.493 e. The summed E-state index contributed by atoms with van der Waals surface area (Å²) in [4.78, 5) is 28.2. The Morgan fingerprint density at radius 1 is 0.750 bits per heavy atom. The predicted octanol–water partition coefficient (Wildman–Crippen LogP) is 6.04. The lowest BCUT2D eigenvalue weighted by Gasteiger charge is -2.37. The zero-order chi connectivity index (χ0) is 31.5. The van der Waals surface area contributed by atoms with E-state index in [1.165, 1.54) is 7.11 Å². The first-order valence-corrected chi connectivity index (χ1v) is 14.4. The van der Waals surface area contributed by atoms with E-state index in [1.807, 2.05) is 68.4 Å². The topological polar surface area (TPSA) is 104 Å². The largest absolute Gasteiger partial charge is 0.493 e. The second-order valence-corrected chi connectivity index (χ2v) is 10.9. The molecule has 9 heteroatoms. The lowest BCUT2D eigenvalue weighted by molar-refractivity contribution is -0.116. The van der Waals surface area contributed by atoms with E-state index in [1.54, 1.807) is 28.4 Å². The van der Waals surface area contributed by atoms with Crippen LogP contribution in [0.2, 0.25) is 0 Å². The number of aryl methyl sites for hydroxylation is 1. The van der Waals surface area contributed by atoms with Crippen LogP contribution in [0.4, 0.5) is 5.69 Å². The van der Waals surface area contributed by atoms with Gasteiger partial charge in [0.15, 0.2) is 28.8 Å². The molecule has 0 fully saturated rings. The van der Waals surface area contributed by atoms with E-state index >= 15 is 0 Å². The zero-order valence-corrected chi connectivity index (χ0v) is 26.1. The van der Waals surface area contributed by atoms with Gasteiger partial charge in [-0.25, -0.2) is 0 Å². The molecule has 2 atom stereocenters. The molecule has 2 N–H and O–H groups in total. The van der Waals surface area contributed by atoms with Gasteiger partial charge in [-0.1, -0.05) is 23.8 Å². The number of carbonyl (C=O) groups is 2. The van der Waals surface area contributed by atoms with Gasteiger partial charge in [-0.05, 0) is 73.7 Å². The van der Waals surface area contributed by atoms with Crippen molar-refractivity contribution in [3.05, 3.63) is 93.8 Å². The fourth-order valence-corrected chi connectivity index (χ4v) is 6.12. The number of dihydropyridines is 1. The van der Waals surface area contributed by atoms with E-state index in [4.69, 9.17) is 23.7 Å². The average molecular weight is 599 g/mol. The second-order valence-electron chi connectivity index (χ2n) is 10.9. The van der Waals surface area contributed by atoms with Crippen molar-refractivity contribution in [1.82, 2.24) is 5.32 Å². The zero-order valence-electron chi connectivity index (χ0n) is 26.1. The minimum atomic E-state index is -0.677. The molecule has 0 aromatic heterocycles. The highest BCUT2D eigenvalue weighted by molar-refractivity contribution is 6.10. The maximum atomic E-state index is 14.2. The molecule has 0 saturated heterocycles. The van der Waals surface area contributed by atoms with Crippen LogP contribution in [0, 0.1) is 6.92 Å². The summed E-state index contributed by atoms with van der Waals surface area (Å²) in [6.07, 6.45) is 0.838. The van der Waals surface area contributed by atoms with E-state index in [2.05, 4.69) is 10.6 Å². The third-order valence-electron chi connectivity index (χ3n) is 8.28. The number of benzene rings is 3. The molecule has 0 radical (unpaired) electrons. The predicted molar refractivity (Wildman–Crippen MR) is 168 cm³/mol. The molecular formula is C35H38N2O7. The molecule has 9 nitrogen and oxygen atoms in total. The highest BCUT2D eigenvalue weighted by atomic mass is 16.5. The van der Waals surface area contributed by atoms with Gasteiger partial charge in [0.25, 0.3) is 5.91 Å². The van der Waals surface area contributed by atoms with Crippen LogP contribution in [-0.2, 0) is 9.59 Å². The SMILES string of the molecule is COc1ccc([C@@H]2CC(=O)C3=C(C2)NC(C)=C(C(=O)Nc2ccc(C)cc2)[C@@H]3c2cc(OC)c(OC)c(OC)c2)cc1OC. The van der Waals surface area contributed by atoms with E-state index in [-0.39, 0.29) is 24.0 Å². The first-order valence-electron chi connectivity index (χ1n) is 14.4. The first-order chi connectivity index (χ1) is 21.2. The van der Waals surface area contributed by atoms with Crippen LogP contribution >= 0.6 is 0 Å². The van der Waals surface area contributed by atoms with Crippen LogP contribution in [0.5, 0.6) is 28.7 Å². The number of allylic oxidation sites excluding steroid dienone is 3. The van der Waals surface area contributed by atoms with E-state index in [0.29, 0.717) is 63.3 Å². The van der Waals surface area contributed by atoms with Crippen molar-refractivity contribution in [3.8, 4) is 28.7 Å². The quantitative estimate of drug-likeness (QED) is 0.307. The number of amides is 1. The summed E-state index contributed by atoms with van der Waals surface area (Å²) in [7, 11) is 7.81. The van der Waals surface area contributed by atoms with Gasteiger partial charge in [-0.2, -0.15) is 0 Å². The number of anilines is 1. The highest BCUT2D eigenvalue weighted by Gasteiger charge is 2.41. The number of hydrogen-bond acceptors (Lipinski definition) is 8. The fourth-order valence-electron chi connectivity index (χ4n) is 6.12. The number of nitrogens with one attached hydrogen (secondary N) is 2. The minimum absolute atomic E-state index is 0.0505. The van der Waals surface area contributed by atoms with Gasteiger partial charge in [0.1, 0.15) is 0 Å². The monoisotopic (exact) mass is 598 g/mol. The molecular weight excluding hydrogens is 560 g/mol. The van der Waals surface area contributed by atoms with Crippen LogP contribution in [-0.4, -0.2) is 47.2 Å². The van der Waals surface area contributed by atoms with Gasteiger partial charge in [0.05, 0.1) is 35.5 Å². The van der Waals surface area contributed by atoms with E-state index < -0.39 is 5.92 Å². The Hall–Kier alpha value is -4.92. The smallest absolute Gasteiger partial charge is 0.254 e. The lowest BCUT2D eigenvalue weighted by Crippen LogP contribution is -2.37. The number of ether oxygens (including phenoxy) is 5. The molecule has 3 aromatic rings. The normalized spacial score (nSPS) is 17.8.